The van der Waals surface area contributed by atoms with E-state index in [0.29, 0.717) is 11.7 Å². The van der Waals surface area contributed by atoms with Crippen LogP contribution in [0.15, 0.2) is 54.6 Å². The molecule has 4 nitrogen and oxygen atoms in total. The van der Waals surface area contributed by atoms with Crippen LogP contribution in [-0.4, -0.2) is 31.4 Å². The van der Waals surface area contributed by atoms with Crippen LogP contribution in [0.4, 0.5) is 11.4 Å². The number of hydrogen-bond donors (Lipinski definition) is 2. The van der Waals surface area contributed by atoms with Gasteiger partial charge in [0.15, 0.2) is 5.11 Å². The molecule has 23 heavy (non-hydrogen) atoms. The average molecular weight is 327 g/mol. The Morgan fingerprint density at radius 2 is 1.70 bits per heavy atom. The number of hydrogen-bond acceptors (Lipinski definition) is 3. The molecule has 3 rings (SSSR count). The molecule has 1 fully saturated rings. The van der Waals surface area contributed by atoms with E-state index in [2.05, 4.69) is 45.9 Å². The van der Waals surface area contributed by atoms with Crippen LogP contribution in [0.5, 0.6) is 0 Å². The highest BCUT2D eigenvalue weighted by molar-refractivity contribution is 7.80. The zero-order chi connectivity index (χ0) is 15.9. The van der Waals surface area contributed by atoms with Crippen molar-refractivity contribution in [3.8, 4) is 0 Å². The van der Waals surface area contributed by atoms with Crippen molar-refractivity contribution in [1.82, 2.24) is 5.32 Å². The first-order chi connectivity index (χ1) is 11.3. The molecule has 0 unspecified atom stereocenters. The lowest BCUT2D eigenvalue weighted by Gasteiger charge is -2.30. The van der Waals surface area contributed by atoms with Gasteiger partial charge in [-0.3, -0.25) is 0 Å². The second-order valence-corrected chi connectivity index (χ2v) is 5.82. The fraction of sp³-hybridized carbons (Fsp3) is 0.278. The van der Waals surface area contributed by atoms with Crippen molar-refractivity contribution >= 4 is 28.7 Å². The monoisotopic (exact) mass is 327 g/mol. The van der Waals surface area contributed by atoms with Crippen molar-refractivity contribution in [3.05, 3.63) is 60.2 Å². The van der Waals surface area contributed by atoms with Crippen LogP contribution in [-0.2, 0) is 11.3 Å². The lowest BCUT2D eigenvalue weighted by atomic mass is 10.2. The average Bonchev–Trinajstić information content (AvgIpc) is 2.62. The van der Waals surface area contributed by atoms with Crippen molar-refractivity contribution in [1.29, 1.82) is 0 Å². The van der Waals surface area contributed by atoms with Crippen LogP contribution >= 0.6 is 12.2 Å². The van der Waals surface area contributed by atoms with E-state index in [1.54, 1.807) is 0 Å². The van der Waals surface area contributed by atoms with Gasteiger partial charge in [-0.2, -0.15) is 0 Å². The minimum absolute atomic E-state index is 0.634. The van der Waals surface area contributed by atoms with Gasteiger partial charge in [0.2, 0.25) is 0 Å². The van der Waals surface area contributed by atoms with Gasteiger partial charge in [-0.05, 0) is 29.9 Å². The molecule has 1 saturated heterocycles. The number of rotatable bonds is 4. The SMILES string of the molecule is S=C(NCc1ccccc1)Nc1ccccc1N1CCOCC1. The van der Waals surface area contributed by atoms with Gasteiger partial charge in [0.1, 0.15) is 0 Å². The number of ether oxygens (including phenoxy) is 1. The molecule has 1 aliphatic rings. The maximum Gasteiger partial charge on any atom is 0.171 e. The Kier molecular flexibility index (Phi) is 5.45. The number of nitrogens with one attached hydrogen (secondary N) is 2. The lowest BCUT2D eigenvalue weighted by molar-refractivity contribution is 0.123. The Bertz CT molecular complexity index is 642. The van der Waals surface area contributed by atoms with E-state index < -0.39 is 0 Å². The molecule has 2 aromatic rings. The lowest BCUT2D eigenvalue weighted by Crippen LogP contribution is -2.37. The topological polar surface area (TPSA) is 36.5 Å². The molecular weight excluding hydrogens is 306 g/mol. The summed E-state index contributed by atoms with van der Waals surface area (Å²) in [5, 5.41) is 7.20. The standard InChI is InChI=1S/C18H21N3OS/c23-18(19-14-15-6-2-1-3-7-15)20-16-8-4-5-9-17(16)21-10-12-22-13-11-21/h1-9H,10-14H2,(H2,19,20,23). The summed E-state index contributed by atoms with van der Waals surface area (Å²) >= 11 is 5.43. The van der Waals surface area contributed by atoms with Gasteiger partial charge < -0.3 is 20.3 Å². The summed E-state index contributed by atoms with van der Waals surface area (Å²) in [6, 6.07) is 18.5. The van der Waals surface area contributed by atoms with Crippen molar-refractivity contribution in [2.24, 2.45) is 0 Å². The quantitative estimate of drug-likeness (QED) is 0.844. The molecule has 2 N–H and O–H groups in total. The molecule has 1 aliphatic heterocycles. The predicted octanol–water partition coefficient (Wildman–Crippen LogP) is 3.01. The first-order valence-electron chi connectivity index (χ1n) is 7.83. The Morgan fingerprint density at radius 1 is 1.00 bits per heavy atom. The normalized spacial score (nSPS) is 14.3. The van der Waals surface area contributed by atoms with E-state index in [9.17, 15) is 0 Å². The Labute approximate surface area is 142 Å². The second-order valence-electron chi connectivity index (χ2n) is 5.41. The fourth-order valence-electron chi connectivity index (χ4n) is 2.60. The Balaban J connectivity index is 1.62. The van der Waals surface area contributed by atoms with Crippen molar-refractivity contribution in [2.45, 2.75) is 6.54 Å². The minimum atomic E-state index is 0.634. The third-order valence-electron chi connectivity index (χ3n) is 3.80. The first kappa shape index (κ1) is 15.8. The Morgan fingerprint density at radius 3 is 2.48 bits per heavy atom. The molecule has 1 heterocycles. The number of para-hydroxylation sites is 2. The van der Waals surface area contributed by atoms with Crippen LogP contribution < -0.4 is 15.5 Å². The third kappa shape index (κ3) is 4.43. The molecule has 0 aromatic heterocycles. The van der Waals surface area contributed by atoms with E-state index in [1.807, 2.05) is 24.3 Å². The maximum atomic E-state index is 5.43. The predicted molar refractivity (Wildman–Crippen MR) is 99.0 cm³/mol. The van der Waals surface area contributed by atoms with Gasteiger partial charge in [-0.25, -0.2) is 0 Å². The van der Waals surface area contributed by atoms with Crippen LogP contribution in [0.25, 0.3) is 0 Å². The van der Waals surface area contributed by atoms with Crippen molar-refractivity contribution in [3.63, 3.8) is 0 Å². The van der Waals surface area contributed by atoms with Crippen molar-refractivity contribution < 1.29 is 4.74 Å². The highest BCUT2D eigenvalue weighted by Gasteiger charge is 2.14. The molecule has 5 heteroatoms. The summed E-state index contributed by atoms with van der Waals surface area (Å²) in [5.41, 5.74) is 3.40. The summed E-state index contributed by atoms with van der Waals surface area (Å²) in [7, 11) is 0. The molecule has 0 amide bonds. The second kappa shape index (κ2) is 7.94. The molecule has 0 aliphatic carbocycles. The summed E-state index contributed by atoms with van der Waals surface area (Å²) in [6.45, 7) is 4.06. The number of nitrogens with zero attached hydrogens (tertiary/aromatic N) is 1. The first-order valence-corrected chi connectivity index (χ1v) is 8.24. The summed E-state index contributed by atoms with van der Waals surface area (Å²) in [5.74, 6) is 0. The van der Waals surface area contributed by atoms with Crippen LogP contribution in [0.2, 0.25) is 0 Å². The van der Waals surface area contributed by atoms with Gasteiger partial charge in [0.05, 0.1) is 24.6 Å². The van der Waals surface area contributed by atoms with Gasteiger partial charge >= 0.3 is 0 Å². The Hall–Kier alpha value is -2.11. The van der Waals surface area contributed by atoms with Gasteiger partial charge in [0, 0.05) is 19.6 Å². The molecular formula is C18H21N3OS. The van der Waals surface area contributed by atoms with E-state index in [4.69, 9.17) is 17.0 Å². The molecule has 0 radical (unpaired) electrons. The number of thiocarbonyl (C=S) groups is 1. The van der Waals surface area contributed by atoms with Gasteiger partial charge in [-0.1, -0.05) is 42.5 Å². The number of anilines is 2. The zero-order valence-electron chi connectivity index (χ0n) is 13.0. The summed E-state index contributed by atoms with van der Waals surface area (Å²) in [4.78, 5) is 2.33. The molecule has 0 saturated carbocycles. The molecule has 0 atom stereocenters. The summed E-state index contributed by atoms with van der Waals surface area (Å²) < 4.78 is 5.43. The van der Waals surface area contributed by atoms with Crippen LogP contribution in [0.3, 0.4) is 0 Å². The van der Waals surface area contributed by atoms with Gasteiger partial charge in [-0.15, -0.1) is 0 Å². The van der Waals surface area contributed by atoms with E-state index in [1.165, 1.54) is 11.3 Å². The molecule has 0 bridgehead atoms. The largest absolute Gasteiger partial charge is 0.378 e. The zero-order valence-corrected chi connectivity index (χ0v) is 13.8. The maximum absolute atomic E-state index is 5.43. The minimum Gasteiger partial charge on any atom is -0.378 e. The molecule has 120 valence electrons. The fourth-order valence-corrected chi connectivity index (χ4v) is 2.79. The highest BCUT2D eigenvalue weighted by Crippen LogP contribution is 2.26. The molecule has 0 spiro atoms. The molecule has 2 aromatic carbocycles. The summed E-state index contributed by atoms with van der Waals surface area (Å²) in [6.07, 6.45) is 0. The van der Waals surface area contributed by atoms with E-state index in [0.717, 1.165) is 32.0 Å². The smallest absolute Gasteiger partial charge is 0.171 e. The van der Waals surface area contributed by atoms with E-state index >= 15 is 0 Å². The highest BCUT2D eigenvalue weighted by atomic mass is 32.1. The third-order valence-corrected chi connectivity index (χ3v) is 4.05. The van der Waals surface area contributed by atoms with E-state index in [-0.39, 0.29) is 0 Å². The van der Waals surface area contributed by atoms with Crippen LogP contribution in [0, 0.1) is 0 Å². The van der Waals surface area contributed by atoms with Crippen molar-refractivity contribution in [2.75, 3.05) is 36.5 Å². The number of benzene rings is 2. The number of morpholine rings is 1. The van der Waals surface area contributed by atoms with Gasteiger partial charge in [0.25, 0.3) is 0 Å². The van der Waals surface area contributed by atoms with Crippen LogP contribution in [0.1, 0.15) is 5.56 Å².